The van der Waals surface area contributed by atoms with Gasteiger partial charge in [-0.25, -0.2) is 0 Å². The zero-order chi connectivity index (χ0) is 12.2. The van der Waals surface area contributed by atoms with E-state index in [0.717, 1.165) is 5.92 Å². The number of likely N-dealkylation sites (tertiary alicyclic amines) is 1. The van der Waals surface area contributed by atoms with E-state index in [2.05, 4.69) is 40.5 Å². The van der Waals surface area contributed by atoms with Crippen molar-refractivity contribution in [1.29, 1.82) is 0 Å². The van der Waals surface area contributed by atoms with E-state index in [1.807, 2.05) is 0 Å². The molecule has 0 aliphatic carbocycles. The summed E-state index contributed by atoms with van der Waals surface area (Å²) < 4.78 is 0. The van der Waals surface area contributed by atoms with Crippen molar-refractivity contribution in [2.75, 3.05) is 26.2 Å². The van der Waals surface area contributed by atoms with E-state index in [4.69, 9.17) is 0 Å². The molecule has 2 heterocycles. The second-order valence-corrected chi connectivity index (χ2v) is 5.78. The molecule has 106 valence electrons. The van der Waals surface area contributed by atoms with Gasteiger partial charge >= 0.3 is 0 Å². The quantitative estimate of drug-likeness (QED) is 0.914. The van der Waals surface area contributed by atoms with E-state index in [1.165, 1.54) is 57.4 Å². The Hall–Kier alpha value is -0.570. The number of rotatable bonds is 3. The molecule has 0 radical (unpaired) electrons. The van der Waals surface area contributed by atoms with Crippen LogP contribution in [0, 0.1) is 5.92 Å². The normalized spacial score (nSPS) is 28.0. The first-order valence-electron chi connectivity index (χ1n) is 7.43. The van der Waals surface area contributed by atoms with Crippen LogP contribution < -0.4 is 5.32 Å². The summed E-state index contributed by atoms with van der Waals surface area (Å²) in [4.78, 5) is 2.72. The molecule has 2 nitrogen and oxygen atoms in total. The lowest BCUT2D eigenvalue weighted by Gasteiger charge is -2.31. The summed E-state index contributed by atoms with van der Waals surface area (Å²) in [5.74, 6) is 0.864. The molecule has 2 saturated heterocycles. The zero-order valence-corrected chi connectivity index (χ0v) is 12.4. The summed E-state index contributed by atoms with van der Waals surface area (Å²) in [7, 11) is 0. The number of halogens is 1. The van der Waals surface area contributed by atoms with Crippen molar-refractivity contribution in [3.05, 3.63) is 35.9 Å². The molecule has 2 unspecified atom stereocenters. The minimum absolute atomic E-state index is 0. The molecule has 1 aromatic rings. The molecular formula is C16H25ClN2. The Morgan fingerprint density at radius 2 is 1.95 bits per heavy atom. The number of hydrogen-bond donors (Lipinski definition) is 1. The third-order valence-electron chi connectivity index (χ3n) is 4.44. The molecule has 3 heteroatoms. The van der Waals surface area contributed by atoms with E-state index in [9.17, 15) is 0 Å². The van der Waals surface area contributed by atoms with Crippen LogP contribution in [0.15, 0.2) is 30.3 Å². The van der Waals surface area contributed by atoms with Gasteiger partial charge in [-0.1, -0.05) is 30.3 Å². The van der Waals surface area contributed by atoms with Crippen molar-refractivity contribution in [2.45, 2.75) is 31.7 Å². The Bertz CT molecular complexity index is 362. The monoisotopic (exact) mass is 280 g/mol. The first-order chi connectivity index (χ1) is 8.93. The van der Waals surface area contributed by atoms with Gasteiger partial charge in [0, 0.05) is 12.6 Å². The Kier molecular flexibility index (Phi) is 5.68. The first-order valence-corrected chi connectivity index (χ1v) is 7.43. The lowest BCUT2D eigenvalue weighted by Crippen LogP contribution is -2.38. The van der Waals surface area contributed by atoms with Crippen molar-refractivity contribution in [3.63, 3.8) is 0 Å². The van der Waals surface area contributed by atoms with Gasteiger partial charge in [0.1, 0.15) is 0 Å². The summed E-state index contributed by atoms with van der Waals surface area (Å²) in [5, 5.41) is 3.54. The molecule has 2 aliphatic rings. The minimum Gasteiger partial charge on any atom is -0.316 e. The highest BCUT2D eigenvalue weighted by molar-refractivity contribution is 5.85. The van der Waals surface area contributed by atoms with Crippen LogP contribution in [-0.4, -0.2) is 31.1 Å². The van der Waals surface area contributed by atoms with Gasteiger partial charge in [-0.15, -0.1) is 12.4 Å². The van der Waals surface area contributed by atoms with E-state index in [1.54, 1.807) is 0 Å². The molecule has 2 atom stereocenters. The molecule has 1 N–H and O–H groups in total. The summed E-state index contributed by atoms with van der Waals surface area (Å²) >= 11 is 0. The second kappa shape index (κ2) is 7.28. The number of nitrogens with zero attached hydrogens (tertiary/aromatic N) is 1. The Balaban J connectivity index is 0.00000133. The highest BCUT2D eigenvalue weighted by atomic mass is 35.5. The van der Waals surface area contributed by atoms with Crippen LogP contribution in [0.25, 0.3) is 0 Å². The molecule has 2 aliphatic heterocycles. The van der Waals surface area contributed by atoms with Crippen molar-refractivity contribution in [2.24, 2.45) is 5.92 Å². The standard InChI is InChI=1S/C16H24N2.ClH/c1-2-7-15(8-3-1)16-9-5-11-18(16)13-14-6-4-10-17-12-14;/h1-3,7-8,14,16-17H,4-6,9-13H2;1H. The van der Waals surface area contributed by atoms with Crippen LogP contribution in [-0.2, 0) is 0 Å². The van der Waals surface area contributed by atoms with Gasteiger partial charge in [-0.05, 0) is 56.8 Å². The van der Waals surface area contributed by atoms with Crippen LogP contribution in [0.4, 0.5) is 0 Å². The molecule has 0 bridgehead atoms. The lowest BCUT2D eigenvalue weighted by molar-refractivity contribution is 0.195. The maximum atomic E-state index is 3.54. The minimum atomic E-state index is 0. The predicted octanol–water partition coefficient (Wildman–Crippen LogP) is 3.24. The van der Waals surface area contributed by atoms with Gasteiger partial charge in [-0.2, -0.15) is 0 Å². The number of piperidine rings is 1. The summed E-state index contributed by atoms with van der Waals surface area (Å²) in [6, 6.07) is 11.7. The molecule has 0 saturated carbocycles. The maximum absolute atomic E-state index is 3.54. The van der Waals surface area contributed by atoms with Gasteiger partial charge in [0.15, 0.2) is 0 Å². The Morgan fingerprint density at radius 3 is 2.68 bits per heavy atom. The molecule has 0 amide bonds. The summed E-state index contributed by atoms with van der Waals surface area (Å²) in [6.45, 7) is 5.01. The highest BCUT2D eigenvalue weighted by Crippen LogP contribution is 2.32. The maximum Gasteiger partial charge on any atom is 0.0348 e. The van der Waals surface area contributed by atoms with Gasteiger partial charge in [0.05, 0.1) is 0 Å². The van der Waals surface area contributed by atoms with E-state index in [-0.39, 0.29) is 12.4 Å². The van der Waals surface area contributed by atoms with Gasteiger partial charge < -0.3 is 5.32 Å². The van der Waals surface area contributed by atoms with Gasteiger partial charge in [-0.3, -0.25) is 4.90 Å². The van der Waals surface area contributed by atoms with E-state index in [0.29, 0.717) is 6.04 Å². The highest BCUT2D eigenvalue weighted by Gasteiger charge is 2.28. The molecular weight excluding hydrogens is 256 g/mol. The van der Waals surface area contributed by atoms with Gasteiger partial charge in [0.25, 0.3) is 0 Å². The van der Waals surface area contributed by atoms with Crippen molar-refractivity contribution in [1.82, 2.24) is 10.2 Å². The molecule has 1 aromatic carbocycles. The zero-order valence-electron chi connectivity index (χ0n) is 11.6. The smallest absolute Gasteiger partial charge is 0.0348 e. The third kappa shape index (κ3) is 3.71. The largest absolute Gasteiger partial charge is 0.316 e. The van der Waals surface area contributed by atoms with E-state index < -0.39 is 0 Å². The Morgan fingerprint density at radius 1 is 1.11 bits per heavy atom. The fraction of sp³-hybridized carbons (Fsp3) is 0.625. The van der Waals surface area contributed by atoms with Crippen molar-refractivity contribution < 1.29 is 0 Å². The third-order valence-corrected chi connectivity index (χ3v) is 4.44. The fourth-order valence-corrected chi connectivity index (χ4v) is 3.51. The van der Waals surface area contributed by atoms with Crippen LogP contribution in [0.3, 0.4) is 0 Å². The predicted molar refractivity (Wildman–Crippen MR) is 82.8 cm³/mol. The van der Waals surface area contributed by atoms with Crippen LogP contribution in [0.5, 0.6) is 0 Å². The average Bonchev–Trinajstić information content (AvgIpc) is 2.89. The lowest BCUT2D eigenvalue weighted by atomic mass is 9.97. The molecule has 0 spiro atoms. The van der Waals surface area contributed by atoms with Gasteiger partial charge in [0.2, 0.25) is 0 Å². The topological polar surface area (TPSA) is 15.3 Å². The van der Waals surface area contributed by atoms with Crippen LogP contribution in [0.1, 0.15) is 37.3 Å². The second-order valence-electron chi connectivity index (χ2n) is 5.78. The summed E-state index contributed by atoms with van der Waals surface area (Å²) in [5.41, 5.74) is 1.51. The van der Waals surface area contributed by atoms with Crippen LogP contribution >= 0.6 is 12.4 Å². The van der Waals surface area contributed by atoms with E-state index >= 15 is 0 Å². The SMILES string of the molecule is Cl.c1ccc(C2CCCN2CC2CCCNC2)cc1. The van der Waals surface area contributed by atoms with Crippen LogP contribution in [0.2, 0.25) is 0 Å². The van der Waals surface area contributed by atoms with Crippen molar-refractivity contribution >= 4 is 12.4 Å². The summed E-state index contributed by atoms with van der Waals surface area (Å²) in [6.07, 6.45) is 5.46. The molecule has 0 aromatic heterocycles. The first kappa shape index (κ1) is 14.8. The number of benzene rings is 1. The Labute approximate surface area is 123 Å². The fourth-order valence-electron chi connectivity index (χ4n) is 3.51. The molecule has 2 fully saturated rings. The molecule has 3 rings (SSSR count). The number of nitrogens with one attached hydrogen (secondary N) is 1. The molecule has 19 heavy (non-hydrogen) atoms. The number of hydrogen-bond acceptors (Lipinski definition) is 2. The average molecular weight is 281 g/mol. The van der Waals surface area contributed by atoms with Crippen molar-refractivity contribution in [3.8, 4) is 0 Å².